The Morgan fingerprint density at radius 3 is 2.52 bits per heavy atom. The molecule has 0 unspecified atom stereocenters. The average molecular weight is 315 g/mol. The molecule has 0 aliphatic heterocycles. The van der Waals surface area contributed by atoms with Gasteiger partial charge in [-0.2, -0.15) is 4.31 Å². The monoisotopic (exact) mass is 315 g/mol. The third-order valence-corrected chi connectivity index (χ3v) is 5.09. The third-order valence-electron chi connectivity index (χ3n) is 3.12. The van der Waals surface area contributed by atoms with Crippen LogP contribution in [0.15, 0.2) is 23.1 Å². The third kappa shape index (κ3) is 4.26. The molecular formula is C14H21NO5S. The quantitative estimate of drug-likeness (QED) is 0.739. The summed E-state index contributed by atoms with van der Waals surface area (Å²) in [5.74, 6) is -1.14. The van der Waals surface area contributed by atoms with Crippen LogP contribution in [0.5, 0.6) is 0 Å². The van der Waals surface area contributed by atoms with Gasteiger partial charge in [0.1, 0.15) is 0 Å². The van der Waals surface area contributed by atoms with Crippen molar-refractivity contribution in [2.75, 3.05) is 26.3 Å². The molecule has 0 radical (unpaired) electrons. The number of carboxylic acids is 1. The van der Waals surface area contributed by atoms with E-state index in [-0.39, 0.29) is 17.0 Å². The summed E-state index contributed by atoms with van der Waals surface area (Å²) in [6.07, 6.45) is 0. The molecule has 21 heavy (non-hydrogen) atoms. The largest absolute Gasteiger partial charge is 0.478 e. The molecule has 1 rings (SSSR count). The molecule has 1 aromatic rings. The van der Waals surface area contributed by atoms with Gasteiger partial charge in [-0.25, -0.2) is 13.2 Å². The van der Waals surface area contributed by atoms with E-state index in [2.05, 4.69) is 0 Å². The van der Waals surface area contributed by atoms with Crippen molar-refractivity contribution in [1.82, 2.24) is 4.31 Å². The predicted octanol–water partition coefficient (Wildman–Crippen LogP) is 1.74. The fourth-order valence-corrected chi connectivity index (χ4v) is 3.36. The molecule has 0 aromatic heterocycles. The molecule has 1 aromatic carbocycles. The van der Waals surface area contributed by atoms with Crippen LogP contribution in [0.4, 0.5) is 0 Å². The van der Waals surface area contributed by atoms with E-state index in [0.717, 1.165) is 0 Å². The van der Waals surface area contributed by atoms with Crippen molar-refractivity contribution in [2.24, 2.45) is 0 Å². The first kappa shape index (κ1) is 17.6. The van der Waals surface area contributed by atoms with Gasteiger partial charge >= 0.3 is 5.97 Å². The fraction of sp³-hybridized carbons (Fsp3) is 0.500. The number of hydrogen-bond donors (Lipinski definition) is 1. The van der Waals surface area contributed by atoms with E-state index < -0.39 is 16.0 Å². The number of carbonyl (C=O) groups is 1. The number of benzene rings is 1. The minimum absolute atomic E-state index is 0.00284. The minimum Gasteiger partial charge on any atom is -0.478 e. The molecule has 0 aliphatic rings. The maximum atomic E-state index is 12.5. The molecule has 0 aliphatic carbocycles. The van der Waals surface area contributed by atoms with Crippen molar-refractivity contribution >= 4 is 16.0 Å². The van der Waals surface area contributed by atoms with Gasteiger partial charge in [-0.15, -0.1) is 0 Å². The Balaban J connectivity index is 3.11. The normalized spacial score (nSPS) is 11.8. The zero-order valence-electron chi connectivity index (χ0n) is 12.5. The Labute approximate surface area is 125 Å². The first-order chi connectivity index (χ1) is 9.84. The fourth-order valence-electron chi connectivity index (χ4n) is 1.90. The number of hydrogen-bond acceptors (Lipinski definition) is 4. The molecule has 6 nitrogen and oxygen atoms in total. The summed E-state index contributed by atoms with van der Waals surface area (Å²) in [4.78, 5) is 11.1. The molecular weight excluding hydrogens is 294 g/mol. The van der Waals surface area contributed by atoms with Gasteiger partial charge in [0.25, 0.3) is 0 Å². The smallest absolute Gasteiger partial charge is 0.335 e. The summed E-state index contributed by atoms with van der Waals surface area (Å²) in [6, 6.07) is 4.14. The predicted molar refractivity (Wildman–Crippen MR) is 79.1 cm³/mol. The zero-order valence-corrected chi connectivity index (χ0v) is 13.3. The highest BCUT2D eigenvalue weighted by Gasteiger charge is 2.24. The van der Waals surface area contributed by atoms with E-state index in [1.807, 2.05) is 6.92 Å². The summed E-state index contributed by atoms with van der Waals surface area (Å²) in [5, 5.41) is 9.10. The molecule has 118 valence electrons. The zero-order chi connectivity index (χ0) is 16.0. The van der Waals surface area contributed by atoms with Crippen LogP contribution in [-0.2, 0) is 14.8 Å². The van der Waals surface area contributed by atoms with Gasteiger partial charge < -0.3 is 9.84 Å². The lowest BCUT2D eigenvalue weighted by atomic mass is 10.1. The maximum Gasteiger partial charge on any atom is 0.335 e. The number of aromatic carboxylic acids is 1. The second kappa shape index (κ2) is 7.53. The molecule has 0 atom stereocenters. The lowest BCUT2D eigenvalue weighted by Crippen LogP contribution is -2.34. The SMILES string of the molecule is CCOCCN(CC)S(=O)(=O)c1ccc(C)c(C(=O)O)c1. The lowest BCUT2D eigenvalue weighted by Gasteiger charge is -2.20. The van der Waals surface area contributed by atoms with E-state index >= 15 is 0 Å². The van der Waals surface area contributed by atoms with Gasteiger partial charge in [-0.1, -0.05) is 13.0 Å². The molecule has 0 bridgehead atoms. The Morgan fingerprint density at radius 1 is 1.33 bits per heavy atom. The number of rotatable bonds is 8. The van der Waals surface area contributed by atoms with Crippen LogP contribution in [0.2, 0.25) is 0 Å². The maximum absolute atomic E-state index is 12.5. The number of nitrogens with zero attached hydrogens (tertiary/aromatic N) is 1. The van der Waals surface area contributed by atoms with Gasteiger partial charge in [0.15, 0.2) is 0 Å². The van der Waals surface area contributed by atoms with Crippen molar-refractivity contribution in [1.29, 1.82) is 0 Å². The summed E-state index contributed by atoms with van der Waals surface area (Å²) < 4.78 is 31.5. The van der Waals surface area contributed by atoms with E-state index in [1.54, 1.807) is 13.8 Å². The summed E-state index contributed by atoms with van der Waals surface area (Å²) in [7, 11) is -3.71. The van der Waals surface area contributed by atoms with Crippen molar-refractivity contribution in [3.63, 3.8) is 0 Å². The number of likely N-dealkylation sites (N-methyl/N-ethyl adjacent to an activating group) is 1. The number of sulfonamides is 1. The van der Waals surface area contributed by atoms with Crippen LogP contribution in [0.3, 0.4) is 0 Å². The van der Waals surface area contributed by atoms with Crippen LogP contribution >= 0.6 is 0 Å². The highest BCUT2D eigenvalue weighted by Crippen LogP contribution is 2.19. The van der Waals surface area contributed by atoms with Gasteiger partial charge in [0.05, 0.1) is 17.1 Å². The number of ether oxygens (including phenoxy) is 1. The number of carboxylic acid groups (broad SMARTS) is 1. The van der Waals surface area contributed by atoms with E-state index in [4.69, 9.17) is 9.84 Å². The summed E-state index contributed by atoms with van der Waals surface area (Å²) in [6.45, 7) is 6.56. The van der Waals surface area contributed by atoms with Crippen molar-refractivity contribution in [3.05, 3.63) is 29.3 Å². The Kier molecular flexibility index (Phi) is 6.32. The molecule has 0 saturated carbocycles. The second-order valence-electron chi connectivity index (χ2n) is 4.48. The van der Waals surface area contributed by atoms with E-state index in [9.17, 15) is 13.2 Å². The first-order valence-corrected chi connectivity index (χ1v) is 8.20. The Morgan fingerprint density at radius 2 is 2.00 bits per heavy atom. The molecule has 0 spiro atoms. The minimum atomic E-state index is -3.71. The van der Waals surface area contributed by atoms with Crippen LogP contribution in [0.25, 0.3) is 0 Å². The highest BCUT2D eigenvalue weighted by molar-refractivity contribution is 7.89. The molecule has 1 N–H and O–H groups in total. The molecule has 7 heteroatoms. The standard InChI is InChI=1S/C14H21NO5S/c1-4-15(8-9-20-5-2)21(18,19)12-7-6-11(3)13(10-12)14(16)17/h6-7,10H,4-5,8-9H2,1-3H3,(H,16,17). The summed E-state index contributed by atoms with van der Waals surface area (Å²) in [5.41, 5.74) is 0.524. The topological polar surface area (TPSA) is 83.9 Å². The second-order valence-corrected chi connectivity index (χ2v) is 6.41. The Hall–Kier alpha value is -1.44. The highest BCUT2D eigenvalue weighted by atomic mass is 32.2. The van der Waals surface area contributed by atoms with Crippen molar-refractivity contribution < 1.29 is 23.1 Å². The van der Waals surface area contributed by atoms with Crippen LogP contribution in [0.1, 0.15) is 29.8 Å². The van der Waals surface area contributed by atoms with Gasteiger partial charge in [0, 0.05) is 19.7 Å². The van der Waals surface area contributed by atoms with Crippen molar-refractivity contribution in [2.45, 2.75) is 25.7 Å². The summed E-state index contributed by atoms with van der Waals surface area (Å²) >= 11 is 0. The van der Waals surface area contributed by atoms with E-state index in [0.29, 0.717) is 25.3 Å². The average Bonchev–Trinajstić information content (AvgIpc) is 2.43. The van der Waals surface area contributed by atoms with Gasteiger partial charge in [-0.3, -0.25) is 0 Å². The van der Waals surface area contributed by atoms with Gasteiger partial charge in [0.2, 0.25) is 10.0 Å². The molecule has 0 heterocycles. The first-order valence-electron chi connectivity index (χ1n) is 6.76. The molecule has 0 saturated heterocycles. The molecule has 0 amide bonds. The van der Waals surface area contributed by atoms with Crippen LogP contribution < -0.4 is 0 Å². The van der Waals surface area contributed by atoms with Crippen LogP contribution in [0, 0.1) is 6.92 Å². The van der Waals surface area contributed by atoms with Crippen molar-refractivity contribution in [3.8, 4) is 0 Å². The Bertz CT molecular complexity index is 597. The van der Waals surface area contributed by atoms with Gasteiger partial charge in [-0.05, 0) is 31.5 Å². The lowest BCUT2D eigenvalue weighted by molar-refractivity contribution is 0.0696. The molecule has 0 fully saturated rings. The van der Waals surface area contributed by atoms with Crippen LogP contribution in [-0.4, -0.2) is 50.1 Å². The number of aryl methyl sites for hydroxylation is 1. The van der Waals surface area contributed by atoms with E-state index in [1.165, 1.54) is 22.5 Å².